The number of hydrogen-bond acceptors (Lipinski definition) is 6. The second kappa shape index (κ2) is 7.88. The van der Waals surface area contributed by atoms with E-state index in [1.165, 1.54) is 0 Å². The lowest BCUT2D eigenvalue weighted by Gasteiger charge is -2.34. The van der Waals surface area contributed by atoms with Crippen molar-refractivity contribution < 1.29 is 14.4 Å². The van der Waals surface area contributed by atoms with Gasteiger partial charge < -0.3 is 14.4 Å². The quantitative estimate of drug-likeness (QED) is 0.875. The Balaban J connectivity index is 1.65. The van der Waals surface area contributed by atoms with E-state index in [2.05, 4.69) is 15.0 Å². The molecule has 3 rings (SSSR count). The van der Waals surface area contributed by atoms with Crippen LogP contribution < -0.4 is 0 Å². The summed E-state index contributed by atoms with van der Waals surface area (Å²) < 4.78 is 10.9. The molecule has 6 nitrogen and oxygen atoms in total. The van der Waals surface area contributed by atoms with Crippen molar-refractivity contribution in [3.8, 4) is 0 Å². The number of benzene rings is 1. The van der Waals surface area contributed by atoms with E-state index in [4.69, 9.17) is 9.26 Å². The molecular weight excluding hydrogens is 306 g/mol. The van der Waals surface area contributed by atoms with Crippen LogP contribution in [0.25, 0.3) is 0 Å². The minimum atomic E-state index is -0.440. The predicted octanol–water partition coefficient (Wildman–Crippen LogP) is 2.17. The van der Waals surface area contributed by atoms with Crippen molar-refractivity contribution >= 4 is 0 Å². The van der Waals surface area contributed by atoms with Crippen molar-refractivity contribution in [3.05, 3.63) is 47.6 Å². The van der Waals surface area contributed by atoms with Crippen LogP contribution >= 0.6 is 0 Å². The Morgan fingerprint density at radius 2 is 2.08 bits per heavy atom. The summed E-state index contributed by atoms with van der Waals surface area (Å²) in [6, 6.07) is 9.97. The van der Waals surface area contributed by atoms with Gasteiger partial charge >= 0.3 is 0 Å². The largest absolute Gasteiger partial charge is 0.391 e. The topological polar surface area (TPSA) is 71.6 Å². The Morgan fingerprint density at radius 1 is 1.29 bits per heavy atom. The van der Waals surface area contributed by atoms with Gasteiger partial charge in [0.1, 0.15) is 0 Å². The summed E-state index contributed by atoms with van der Waals surface area (Å²) in [5.41, 5.74) is 1.14. The number of aliphatic hydroxyl groups is 1. The standard InChI is InChI=1S/C18H25N3O3/c1-13(2)18-19-17(20-24-18)16-12-23-9-8-21(16)11-15(22)10-14-6-4-3-5-7-14/h3-7,13,15-16,22H,8-12H2,1-2H3/t15-,16?/m1/s1. The van der Waals surface area contributed by atoms with Crippen LogP contribution in [0.1, 0.15) is 43.1 Å². The van der Waals surface area contributed by atoms with Gasteiger partial charge in [-0.05, 0) is 12.0 Å². The summed E-state index contributed by atoms with van der Waals surface area (Å²) in [6.45, 7) is 6.54. The van der Waals surface area contributed by atoms with Gasteiger partial charge in [0.25, 0.3) is 0 Å². The third-order valence-electron chi connectivity index (χ3n) is 4.25. The zero-order valence-corrected chi connectivity index (χ0v) is 14.3. The van der Waals surface area contributed by atoms with Gasteiger partial charge in [0, 0.05) is 19.0 Å². The zero-order valence-electron chi connectivity index (χ0n) is 14.3. The van der Waals surface area contributed by atoms with Gasteiger partial charge in [0.2, 0.25) is 5.89 Å². The Bertz CT molecular complexity index is 629. The molecule has 1 aliphatic heterocycles. The first-order valence-corrected chi connectivity index (χ1v) is 8.50. The molecule has 24 heavy (non-hydrogen) atoms. The van der Waals surface area contributed by atoms with Crippen LogP contribution in [0.15, 0.2) is 34.9 Å². The van der Waals surface area contributed by atoms with E-state index in [0.29, 0.717) is 37.9 Å². The number of nitrogens with zero attached hydrogens (tertiary/aromatic N) is 3. The van der Waals surface area contributed by atoms with Gasteiger partial charge in [0.15, 0.2) is 5.82 Å². The lowest BCUT2D eigenvalue weighted by Crippen LogP contribution is -2.44. The molecule has 0 saturated carbocycles. The molecule has 0 radical (unpaired) electrons. The molecule has 0 spiro atoms. The van der Waals surface area contributed by atoms with Crippen molar-refractivity contribution in [1.82, 2.24) is 15.0 Å². The molecule has 0 aliphatic carbocycles. The zero-order chi connectivity index (χ0) is 16.9. The van der Waals surface area contributed by atoms with Crippen molar-refractivity contribution in [2.24, 2.45) is 0 Å². The molecule has 1 aliphatic rings. The van der Waals surface area contributed by atoms with Crippen LogP contribution in [0.5, 0.6) is 0 Å². The summed E-state index contributed by atoms with van der Waals surface area (Å²) in [5, 5.41) is 14.6. The van der Waals surface area contributed by atoms with Crippen LogP contribution in [0.2, 0.25) is 0 Å². The van der Waals surface area contributed by atoms with Crippen LogP contribution in [-0.4, -0.2) is 52.6 Å². The van der Waals surface area contributed by atoms with Crippen molar-refractivity contribution in [2.75, 3.05) is 26.3 Å². The first-order chi connectivity index (χ1) is 11.6. The monoisotopic (exact) mass is 331 g/mol. The average molecular weight is 331 g/mol. The molecule has 2 aromatic rings. The second-order valence-corrected chi connectivity index (χ2v) is 6.57. The fourth-order valence-corrected chi connectivity index (χ4v) is 2.93. The molecule has 2 heterocycles. The van der Waals surface area contributed by atoms with Gasteiger partial charge in [-0.1, -0.05) is 49.3 Å². The van der Waals surface area contributed by atoms with Gasteiger partial charge in [-0.15, -0.1) is 0 Å². The first-order valence-electron chi connectivity index (χ1n) is 8.50. The molecule has 2 atom stereocenters. The third-order valence-corrected chi connectivity index (χ3v) is 4.25. The molecule has 6 heteroatoms. The number of aromatic nitrogens is 2. The highest BCUT2D eigenvalue weighted by atomic mass is 16.5. The normalized spacial score (nSPS) is 20.4. The van der Waals surface area contributed by atoms with E-state index >= 15 is 0 Å². The van der Waals surface area contributed by atoms with E-state index in [9.17, 15) is 5.11 Å². The van der Waals surface area contributed by atoms with Crippen LogP contribution in [0.4, 0.5) is 0 Å². The molecule has 130 valence electrons. The van der Waals surface area contributed by atoms with Gasteiger partial charge in [-0.2, -0.15) is 4.98 Å². The molecular formula is C18H25N3O3. The van der Waals surface area contributed by atoms with Crippen LogP contribution in [0, 0.1) is 0 Å². The summed E-state index contributed by atoms with van der Waals surface area (Å²) in [7, 11) is 0. The fraction of sp³-hybridized carbons (Fsp3) is 0.556. The fourth-order valence-electron chi connectivity index (χ4n) is 2.93. The lowest BCUT2D eigenvalue weighted by atomic mass is 10.1. The first kappa shape index (κ1) is 17.1. The predicted molar refractivity (Wildman–Crippen MR) is 89.7 cm³/mol. The van der Waals surface area contributed by atoms with E-state index in [1.807, 2.05) is 44.2 Å². The van der Waals surface area contributed by atoms with Gasteiger partial charge in [-0.3, -0.25) is 4.90 Å². The Hall–Kier alpha value is -1.76. The molecule has 1 unspecified atom stereocenters. The highest BCUT2D eigenvalue weighted by molar-refractivity contribution is 5.15. The van der Waals surface area contributed by atoms with E-state index in [-0.39, 0.29) is 12.0 Å². The molecule has 1 aromatic carbocycles. The average Bonchev–Trinajstić information content (AvgIpc) is 3.06. The SMILES string of the molecule is CC(C)c1nc(C2COCCN2C[C@H](O)Cc2ccccc2)no1. The summed E-state index contributed by atoms with van der Waals surface area (Å²) in [6.07, 6.45) is 0.193. The molecule has 0 bridgehead atoms. The maximum atomic E-state index is 10.5. The Kier molecular flexibility index (Phi) is 5.60. The molecule has 1 fully saturated rings. The molecule has 1 N–H and O–H groups in total. The van der Waals surface area contributed by atoms with Gasteiger partial charge in [0.05, 0.1) is 25.4 Å². The van der Waals surface area contributed by atoms with Gasteiger partial charge in [-0.25, -0.2) is 0 Å². The molecule has 0 amide bonds. The minimum absolute atomic E-state index is 0.0691. The molecule has 1 saturated heterocycles. The summed E-state index contributed by atoms with van der Waals surface area (Å²) >= 11 is 0. The maximum absolute atomic E-state index is 10.5. The third kappa shape index (κ3) is 4.20. The van der Waals surface area contributed by atoms with E-state index in [1.54, 1.807) is 0 Å². The summed E-state index contributed by atoms with van der Waals surface area (Å²) in [4.78, 5) is 6.68. The number of morpholine rings is 1. The Labute approximate surface area is 142 Å². The minimum Gasteiger partial charge on any atom is -0.391 e. The van der Waals surface area contributed by atoms with Crippen LogP contribution in [-0.2, 0) is 11.2 Å². The van der Waals surface area contributed by atoms with Crippen LogP contribution in [0.3, 0.4) is 0 Å². The lowest BCUT2D eigenvalue weighted by molar-refractivity contribution is -0.0307. The number of hydrogen-bond donors (Lipinski definition) is 1. The highest BCUT2D eigenvalue weighted by Gasteiger charge is 2.30. The molecule has 1 aromatic heterocycles. The number of β-amino-alcohol motifs (C(OH)–C–C–N with tert-alkyl or cyclic N) is 1. The highest BCUT2D eigenvalue weighted by Crippen LogP contribution is 2.24. The second-order valence-electron chi connectivity index (χ2n) is 6.57. The van der Waals surface area contributed by atoms with Crippen molar-refractivity contribution in [1.29, 1.82) is 0 Å². The van der Waals surface area contributed by atoms with E-state index in [0.717, 1.165) is 12.1 Å². The van der Waals surface area contributed by atoms with Crippen molar-refractivity contribution in [2.45, 2.75) is 38.3 Å². The number of aliphatic hydroxyl groups excluding tert-OH is 1. The Morgan fingerprint density at radius 3 is 2.79 bits per heavy atom. The number of ether oxygens (including phenoxy) is 1. The van der Waals surface area contributed by atoms with Crippen molar-refractivity contribution in [3.63, 3.8) is 0 Å². The smallest absolute Gasteiger partial charge is 0.229 e. The summed E-state index contributed by atoms with van der Waals surface area (Å²) in [5.74, 6) is 1.48. The maximum Gasteiger partial charge on any atom is 0.229 e. The number of rotatable bonds is 6. The van der Waals surface area contributed by atoms with E-state index < -0.39 is 6.10 Å².